The third-order valence-corrected chi connectivity index (χ3v) is 9.12. The maximum atomic E-state index is 15.7. The number of nitrogens with one attached hydrogen (secondary N) is 3. The Hall–Kier alpha value is -3.45. The number of aliphatic hydroxyl groups is 1. The molecule has 6 rings (SSSR count). The van der Waals surface area contributed by atoms with Crippen LogP contribution in [-0.2, 0) is 16.4 Å². The lowest BCUT2D eigenvalue weighted by Crippen LogP contribution is -2.35. The van der Waals surface area contributed by atoms with E-state index in [-0.39, 0.29) is 27.9 Å². The minimum absolute atomic E-state index is 0.0832. The van der Waals surface area contributed by atoms with Gasteiger partial charge < -0.3 is 15.7 Å². The first-order valence-electron chi connectivity index (χ1n) is 13.1. The van der Waals surface area contributed by atoms with E-state index < -0.39 is 50.4 Å². The summed E-state index contributed by atoms with van der Waals surface area (Å²) in [5.74, 6) is -3.00. The Kier molecular flexibility index (Phi) is 7.26. The molecule has 0 radical (unpaired) electrons. The summed E-state index contributed by atoms with van der Waals surface area (Å²) in [6.45, 7) is 1.72. The average molecular weight is 604 g/mol. The standard InChI is InChI=1S/C28H25ClF3N5O3S/c29-15-10-18-17(1-4-24(18)38)25(11-15)41(39,40)37-22-3-2-20(30)26(27(22)32)19-9-14-13-34-28(36-23(14)12-21(19)31)35-16-5-7-33-8-6-16/h2-3,9-13,16,24,33,37-38H,1,4-8H2,(H,34,35,36)/t24-/m1/s1. The van der Waals surface area contributed by atoms with Crippen molar-refractivity contribution < 1.29 is 26.7 Å². The predicted octanol–water partition coefficient (Wildman–Crippen LogP) is 5.31. The molecule has 1 aliphatic carbocycles. The van der Waals surface area contributed by atoms with E-state index in [1.165, 1.54) is 24.4 Å². The van der Waals surface area contributed by atoms with E-state index in [4.69, 9.17) is 11.6 Å². The Bertz CT molecular complexity index is 1780. The van der Waals surface area contributed by atoms with E-state index in [2.05, 4.69) is 25.3 Å². The summed E-state index contributed by atoms with van der Waals surface area (Å²) in [7, 11) is -4.41. The molecule has 41 heavy (non-hydrogen) atoms. The lowest BCUT2D eigenvalue weighted by atomic mass is 10.0. The van der Waals surface area contributed by atoms with Gasteiger partial charge in [-0.05, 0) is 80.2 Å². The quantitative estimate of drug-likeness (QED) is 0.236. The van der Waals surface area contributed by atoms with Crippen molar-refractivity contribution in [1.82, 2.24) is 15.3 Å². The summed E-state index contributed by atoms with van der Waals surface area (Å²) >= 11 is 6.10. The fraction of sp³-hybridized carbons (Fsp3) is 0.286. The first-order chi connectivity index (χ1) is 19.6. The van der Waals surface area contributed by atoms with Crippen LogP contribution in [0, 0.1) is 17.5 Å². The summed E-state index contributed by atoms with van der Waals surface area (Å²) in [5, 5.41) is 17.1. The Balaban J connectivity index is 1.35. The maximum absolute atomic E-state index is 15.7. The number of anilines is 2. The molecule has 2 aliphatic rings. The summed E-state index contributed by atoms with van der Waals surface area (Å²) < 4.78 is 74.8. The van der Waals surface area contributed by atoms with E-state index in [1.807, 2.05) is 0 Å². The van der Waals surface area contributed by atoms with Crippen molar-refractivity contribution in [2.24, 2.45) is 0 Å². The molecule has 4 aromatic rings. The second-order valence-corrected chi connectivity index (χ2v) is 12.3. The van der Waals surface area contributed by atoms with Crippen LogP contribution in [0.15, 0.2) is 47.5 Å². The number of halogens is 4. The van der Waals surface area contributed by atoms with Crippen LogP contribution < -0.4 is 15.4 Å². The van der Waals surface area contributed by atoms with E-state index in [1.54, 1.807) is 0 Å². The number of piperidine rings is 1. The molecule has 0 spiro atoms. The zero-order chi connectivity index (χ0) is 28.9. The van der Waals surface area contributed by atoms with E-state index in [9.17, 15) is 17.9 Å². The molecule has 0 amide bonds. The Morgan fingerprint density at radius 1 is 1.02 bits per heavy atom. The van der Waals surface area contributed by atoms with Crippen LogP contribution in [0.4, 0.5) is 24.8 Å². The molecule has 1 atom stereocenters. The lowest BCUT2D eigenvalue weighted by Gasteiger charge is -2.23. The predicted molar refractivity (Wildman–Crippen MR) is 150 cm³/mol. The van der Waals surface area contributed by atoms with Crippen LogP contribution in [0.5, 0.6) is 0 Å². The highest BCUT2D eigenvalue weighted by atomic mass is 35.5. The van der Waals surface area contributed by atoms with Gasteiger partial charge in [-0.3, -0.25) is 4.72 Å². The molecular formula is C28H25ClF3N5O3S. The molecule has 13 heteroatoms. The number of aromatic nitrogens is 2. The van der Waals surface area contributed by atoms with Crippen molar-refractivity contribution in [3.8, 4) is 11.1 Å². The Labute approximate surface area is 239 Å². The van der Waals surface area contributed by atoms with Gasteiger partial charge in [-0.1, -0.05) is 11.6 Å². The number of benzene rings is 3. The van der Waals surface area contributed by atoms with Crippen molar-refractivity contribution in [3.63, 3.8) is 0 Å². The molecule has 1 fully saturated rings. The molecule has 2 heterocycles. The normalized spacial score (nSPS) is 17.5. The van der Waals surface area contributed by atoms with Gasteiger partial charge in [0, 0.05) is 34.3 Å². The minimum Gasteiger partial charge on any atom is -0.388 e. The monoisotopic (exact) mass is 603 g/mol. The largest absolute Gasteiger partial charge is 0.388 e. The molecule has 1 aromatic heterocycles. The topological polar surface area (TPSA) is 116 Å². The second kappa shape index (κ2) is 10.8. The third kappa shape index (κ3) is 5.32. The zero-order valence-electron chi connectivity index (χ0n) is 21.5. The third-order valence-electron chi connectivity index (χ3n) is 7.47. The number of fused-ring (bicyclic) bond motifs is 2. The average Bonchev–Trinajstić information content (AvgIpc) is 3.30. The summed E-state index contributed by atoms with van der Waals surface area (Å²) in [6.07, 6.45) is 2.92. The SMILES string of the molecule is O=S(=O)(Nc1ccc(F)c(-c2cc3cnc(NC4CCNCC4)nc3cc2F)c1F)c1cc(Cl)cc2c1CC[C@H]2O. The van der Waals surface area contributed by atoms with Gasteiger partial charge in [0.05, 0.1) is 27.8 Å². The highest BCUT2D eigenvalue weighted by molar-refractivity contribution is 7.92. The highest BCUT2D eigenvalue weighted by Crippen LogP contribution is 2.39. The molecule has 0 saturated carbocycles. The minimum atomic E-state index is -4.41. The zero-order valence-corrected chi connectivity index (χ0v) is 23.1. The first-order valence-corrected chi connectivity index (χ1v) is 14.9. The Morgan fingerprint density at radius 3 is 2.59 bits per heavy atom. The molecule has 3 aromatic carbocycles. The molecule has 1 saturated heterocycles. The number of hydrogen-bond donors (Lipinski definition) is 4. The van der Waals surface area contributed by atoms with E-state index in [0.717, 1.165) is 44.1 Å². The summed E-state index contributed by atoms with van der Waals surface area (Å²) in [5.41, 5.74) is -0.742. The lowest BCUT2D eigenvalue weighted by molar-refractivity contribution is 0.180. The van der Waals surface area contributed by atoms with Gasteiger partial charge in [0.25, 0.3) is 10.0 Å². The molecule has 4 N–H and O–H groups in total. The van der Waals surface area contributed by atoms with Crippen molar-refractivity contribution in [3.05, 3.63) is 76.2 Å². The van der Waals surface area contributed by atoms with Crippen molar-refractivity contribution in [2.75, 3.05) is 23.1 Å². The van der Waals surface area contributed by atoms with Crippen molar-refractivity contribution >= 4 is 44.2 Å². The van der Waals surface area contributed by atoms with Crippen LogP contribution in [0.25, 0.3) is 22.0 Å². The van der Waals surface area contributed by atoms with Crippen LogP contribution in [-0.4, -0.2) is 42.6 Å². The number of rotatable bonds is 6. The first kappa shape index (κ1) is 27.7. The smallest absolute Gasteiger partial charge is 0.262 e. The molecule has 8 nitrogen and oxygen atoms in total. The van der Waals surface area contributed by atoms with Gasteiger partial charge in [-0.2, -0.15) is 0 Å². The van der Waals surface area contributed by atoms with Gasteiger partial charge >= 0.3 is 0 Å². The second-order valence-electron chi connectivity index (χ2n) is 10.2. The van der Waals surface area contributed by atoms with Gasteiger partial charge in [0.15, 0.2) is 5.82 Å². The van der Waals surface area contributed by atoms with Gasteiger partial charge in [0.1, 0.15) is 11.6 Å². The van der Waals surface area contributed by atoms with Crippen LogP contribution in [0.1, 0.15) is 36.5 Å². The van der Waals surface area contributed by atoms with E-state index in [0.29, 0.717) is 28.9 Å². The molecule has 214 valence electrons. The van der Waals surface area contributed by atoms with Crippen LogP contribution in [0.2, 0.25) is 5.02 Å². The van der Waals surface area contributed by atoms with E-state index >= 15 is 8.78 Å². The van der Waals surface area contributed by atoms with Crippen LogP contribution in [0.3, 0.4) is 0 Å². The molecule has 1 aliphatic heterocycles. The van der Waals surface area contributed by atoms with Gasteiger partial charge in [-0.15, -0.1) is 0 Å². The molecule has 0 unspecified atom stereocenters. The summed E-state index contributed by atoms with van der Waals surface area (Å²) in [4.78, 5) is 8.42. The fourth-order valence-electron chi connectivity index (χ4n) is 5.41. The number of nitrogens with zero attached hydrogens (tertiary/aromatic N) is 2. The van der Waals surface area contributed by atoms with Crippen molar-refractivity contribution in [2.45, 2.75) is 42.7 Å². The maximum Gasteiger partial charge on any atom is 0.262 e. The summed E-state index contributed by atoms with van der Waals surface area (Å²) in [6, 6.07) is 6.94. The molecule has 0 bridgehead atoms. The van der Waals surface area contributed by atoms with Crippen LogP contribution >= 0.6 is 11.6 Å². The number of sulfonamides is 1. The molecular weight excluding hydrogens is 579 g/mol. The Morgan fingerprint density at radius 2 is 1.80 bits per heavy atom. The van der Waals surface area contributed by atoms with Crippen molar-refractivity contribution in [1.29, 1.82) is 0 Å². The van der Waals surface area contributed by atoms with Gasteiger partial charge in [0.2, 0.25) is 5.95 Å². The number of hydrogen-bond acceptors (Lipinski definition) is 7. The number of aliphatic hydroxyl groups excluding tert-OH is 1. The fourth-order valence-corrected chi connectivity index (χ4v) is 7.09. The van der Waals surface area contributed by atoms with Gasteiger partial charge in [-0.25, -0.2) is 31.6 Å². The highest BCUT2D eigenvalue weighted by Gasteiger charge is 2.30.